The third-order valence-corrected chi connectivity index (χ3v) is 3.71. The molecule has 0 radical (unpaired) electrons. The minimum absolute atomic E-state index is 0.626. The van der Waals surface area contributed by atoms with Gasteiger partial charge in [0.2, 0.25) is 0 Å². The van der Waals surface area contributed by atoms with Gasteiger partial charge in [-0.25, -0.2) is 0 Å². The number of benzene rings is 1. The van der Waals surface area contributed by atoms with E-state index in [0.29, 0.717) is 6.04 Å². The predicted octanol–water partition coefficient (Wildman–Crippen LogP) is 2.35. The summed E-state index contributed by atoms with van der Waals surface area (Å²) in [5, 5.41) is 3.46. The molecule has 1 saturated heterocycles. The summed E-state index contributed by atoms with van der Waals surface area (Å²) in [5.41, 5.74) is 4.08. The van der Waals surface area contributed by atoms with Crippen LogP contribution in [0.4, 0.5) is 5.69 Å². The molecule has 0 bridgehead atoms. The van der Waals surface area contributed by atoms with Gasteiger partial charge in [-0.1, -0.05) is 24.6 Å². The molecule has 1 heterocycles. The van der Waals surface area contributed by atoms with Crippen molar-refractivity contribution in [3.8, 4) is 0 Å². The highest BCUT2D eigenvalue weighted by molar-refractivity contribution is 5.54. The molecule has 16 heavy (non-hydrogen) atoms. The van der Waals surface area contributed by atoms with Crippen LogP contribution in [-0.4, -0.2) is 26.2 Å². The molecule has 2 heteroatoms. The van der Waals surface area contributed by atoms with Gasteiger partial charge in [-0.15, -0.1) is 0 Å². The quantitative estimate of drug-likeness (QED) is 0.819. The summed E-state index contributed by atoms with van der Waals surface area (Å²) in [7, 11) is 2.21. The summed E-state index contributed by atoms with van der Waals surface area (Å²) in [6, 6.07) is 7.34. The Morgan fingerprint density at radius 3 is 2.56 bits per heavy atom. The Morgan fingerprint density at radius 2 is 2.00 bits per heavy atom. The van der Waals surface area contributed by atoms with Gasteiger partial charge in [-0.2, -0.15) is 0 Å². The number of hydrogen-bond donors (Lipinski definition) is 1. The van der Waals surface area contributed by atoms with E-state index < -0.39 is 0 Å². The number of anilines is 1. The second kappa shape index (κ2) is 4.46. The number of hydrogen-bond acceptors (Lipinski definition) is 2. The van der Waals surface area contributed by atoms with E-state index in [-0.39, 0.29) is 0 Å². The standard InChI is InChI=1S/C14H22N2/c1-10-5-6-13(11(2)7-10)16(4)14-9-15-8-12(14)3/h5-7,12,14-15H,8-9H2,1-4H3. The lowest BCUT2D eigenvalue weighted by Crippen LogP contribution is -2.37. The average molecular weight is 218 g/mol. The van der Waals surface area contributed by atoms with Crippen LogP contribution in [0, 0.1) is 19.8 Å². The van der Waals surface area contributed by atoms with Gasteiger partial charge in [-0.05, 0) is 37.9 Å². The minimum atomic E-state index is 0.626. The zero-order valence-corrected chi connectivity index (χ0v) is 10.7. The molecular weight excluding hydrogens is 196 g/mol. The number of aryl methyl sites for hydroxylation is 2. The van der Waals surface area contributed by atoms with E-state index in [2.05, 4.69) is 56.2 Å². The van der Waals surface area contributed by atoms with E-state index in [1.165, 1.54) is 16.8 Å². The minimum Gasteiger partial charge on any atom is -0.370 e. The number of rotatable bonds is 2. The molecule has 88 valence electrons. The van der Waals surface area contributed by atoms with E-state index in [1.807, 2.05) is 0 Å². The molecule has 0 amide bonds. The molecule has 1 aromatic rings. The van der Waals surface area contributed by atoms with Crippen LogP contribution in [0.25, 0.3) is 0 Å². The van der Waals surface area contributed by atoms with Crippen LogP contribution in [0.1, 0.15) is 18.1 Å². The van der Waals surface area contributed by atoms with Gasteiger partial charge in [0.05, 0.1) is 0 Å². The van der Waals surface area contributed by atoms with E-state index in [1.54, 1.807) is 0 Å². The Kier molecular flexibility index (Phi) is 3.20. The van der Waals surface area contributed by atoms with E-state index in [0.717, 1.165) is 19.0 Å². The van der Waals surface area contributed by atoms with Gasteiger partial charge in [-0.3, -0.25) is 0 Å². The Hall–Kier alpha value is -1.02. The molecule has 2 nitrogen and oxygen atoms in total. The molecule has 0 aliphatic carbocycles. The molecule has 1 aliphatic rings. The molecule has 1 N–H and O–H groups in total. The van der Waals surface area contributed by atoms with Crippen molar-refractivity contribution in [2.24, 2.45) is 5.92 Å². The Labute approximate surface area is 98.7 Å². The maximum atomic E-state index is 3.46. The van der Waals surface area contributed by atoms with Crippen molar-refractivity contribution < 1.29 is 0 Å². The first kappa shape index (κ1) is 11.5. The largest absolute Gasteiger partial charge is 0.370 e. The van der Waals surface area contributed by atoms with Gasteiger partial charge >= 0.3 is 0 Å². The zero-order chi connectivity index (χ0) is 11.7. The second-order valence-corrected chi connectivity index (χ2v) is 5.10. The molecule has 0 aromatic heterocycles. The van der Waals surface area contributed by atoms with Gasteiger partial charge < -0.3 is 10.2 Å². The zero-order valence-electron chi connectivity index (χ0n) is 10.7. The first-order chi connectivity index (χ1) is 7.59. The summed E-state index contributed by atoms with van der Waals surface area (Å²) in [6.45, 7) is 8.91. The Morgan fingerprint density at radius 1 is 1.25 bits per heavy atom. The topological polar surface area (TPSA) is 15.3 Å². The lowest BCUT2D eigenvalue weighted by atomic mass is 10.0. The second-order valence-electron chi connectivity index (χ2n) is 5.10. The maximum absolute atomic E-state index is 3.46. The SMILES string of the molecule is Cc1ccc(N(C)C2CNCC2C)c(C)c1. The van der Waals surface area contributed by atoms with Crippen LogP contribution in [0.15, 0.2) is 18.2 Å². The highest BCUT2D eigenvalue weighted by Gasteiger charge is 2.27. The monoisotopic (exact) mass is 218 g/mol. The third kappa shape index (κ3) is 2.07. The fraction of sp³-hybridized carbons (Fsp3) is 0.571. The Bertz CT molecular complexity index is 373. The van der Waals surface area contributed by atoms with Crippen molar-refractivity contribution in [3.05, 3.63) is 29.3 Å². The number of likely N-dealkylation sites (N-methyl/N-ethyl adjacent to an activating group) is 1. The van der Waals surface area contributed by atoms with Crippen LogP contribution >= 0.6 is 0 Å². The van der Waals surface area contributed by atoms with Crippen molar-refractivity contribution in [3.63, 3.8) is 0 Å². The summed E-state index contributed by atoms with van der Waals surface area (Å²) in [5.74, 6) is 0.728. The van der Waals surface area contributed by atoms with Crippen LogP contribution in [0.2, 0.25) is 0 Å². The number of nitrogens with zero attached hydrogens (tertiary/aromatic N) is 1. The fourth-order valence-corrected chi connectivity index (χ4v) is 2.69. The third-order valence-electron chi connectivity index (χ3n) is 3.71. The summed E-state index contributed by atoms with van der Waals surface area (Å²) < 4.78 is 0. The fourth-order valence-electron chi connectivity index (χ4n) is 2.69. The molecule has 1 aromatic carbocycles. The lowest BCUT2D eigenvalue weighted by Gasteiger charge is -2.30. The predicted molar refractivity (Wildman–Crippen MR) is 70.1 cm³/mol. The van der Waals surface area contributed by atoms with Crippen molar-refractivity contribution >= 4 is 5.69 Å². The van der Waals surface area contributed by atoms with Crippen molar-refractivity contribution in [1.82, 2.24) is 5.32 Å². The van der Waals surface area contributed by atoms with Gasteiger partial charge in [0.25, 0.3) is 0 Å². The van der Waals surface area contributed by atoms with Crippen molar-refractivity contribution in [2.75, 3.05) is 25.0 Å². The van der Waals surface area contributed by atoms with Crippen LogP contribution in [0.5, 0.6) is 0 Å². The van der Waals surface area contributed by atoms with Crippen LogP contribution < -0.4 is 10.2 Å². The molecule has 1 aliphatic heterocycles. The highest BCUT2D eigenvalue weighted by Crippen LogP contribution is 2.25. The smallest absolute Gasteiger partial charge is 0.0449 e. The number of nitrogens with one attached hydrogen (secondary N) is 1. The van der Waals surface area contributed by atoms with Crippen molar-refractivity contribution in [2.45, 2.75) is 26.8 Å². The van der Waals surface area contributed by atoms with Gasteiger partial charge in [0.15, 0.2) is 0 Å². The molecule has 0 saturated carbocycles. The first-order valence-corrected chi connectivity index (χ1v) is 6.10. The van der Waals surface area contributed by atoms with Crippen LogP contribution in [-0.2, 0) is 0 Å². The van der Waals surface area contributed by atoms with Crippen LogP contribution in [0.3, 0.4) is 0 Å². The summed E-state index contributed by atoms with van der Waals surface area (Å²) in [6.07, 6.45) is 0. The van der Waals surface area contributed by atoms with E-state index in [9.17, 15) is 0 Å². The first-order valence-electron chi connectivity index (χ1n) is 6.10. The lowest BCUT2D eigenvalue weighted by molar-refractivity contribution is 0.539. The maximum Gasteiger partial charge on any atom is 0.0449 e. The van der Waals surface area contributed by atoms with E-state index in [4.69, 9.17) is 0 Å². The van der Waals surface area contributed by atoms with Gasteiger partial charge in [0, 0.05) is 25.3 Å². The summed E-state index contributed by atoms with van der Waals surface area (Å²) in [4.78, 5) is 2.43. The van der Waals surface area contributed by atoms with E-state index >= 15 is 0 Å². The Balaban J connectivity index is 2.23. The average Bonchev–Trinajstić information content (AvgIpc) is 2.63. The normalized spacial score (nSPS) is 24.8. The molecular formula is C14H22N2. The summed E-state index contributed by atoms with van der Waals surface area (Å²) >= 11 is 0. The van der Waals surface area contributed by atoms with Gasteiger partial charge in [0.1, 0.15) is 0 Å². The molecule has 2 unspecified atom stereocenters. The molecule has 2 atom stereocenters. The molecule has 2 rings (SSSR count). The van der Waals surface area contributed by atoms with Crippen molar-refractivity contribution in [1.29, 1.82) is 0 Å². The molecule has 0 spiro atoms. The molecule has 1 fully saturated rings. The highest BCUT2D eigenvalue weighted by atomic mass is 15.2.